The summed E-state index contributed by atoms with van der Waals surface area (Å²) < 4.78 is 10.8. The van der Waals surface area contributed by atoms with Crippen LogP contribution in [0.25, 0.3) is 0 Å². The largest absolute Gasteiger partial charge is 0.389 e. The van der Waals surface area contributed by atoms with Crippen molar-refractivity contribution in [2.24, 2.45) is 0 Å². The van der Waals surface area contributed by atoms with E-state index in [1.54, 1.807) is 0 Å². The highest BCUT2D eigenvalue weighted by atomic mass is 32.2. The summed E-state index contributed by atoms with van der Waals surface area (Å²) in [5.74, 6) is -0.127. The molecule has 1 unspecified atom stereocenters. The number of hydrogen-bond acceptors (Lipinski definition) is 5. The highest BCUT2D eigenvalue weighted by Gasteiger charge is 1.99. The van der Waals surface area contributed by atoms with Gasteiger partial charge in [-0.05, 0) is 25.5 Å². The number of aliphatic hydroxyl groups excluding tert-OH is 1. The summed E-state index contributed by atoms with van der Waals surface area (Å²) in [6, 6.07) is 0. The highest BCUT2D eigenvalue weighted by molar-refractivity contribution is 7.99. The Morgan fingerprint density at radius 1 is 1.17 bits per heavy atom. The molecule has 0 bridgehead atoms. The van der Waals surface area contributed by atoms with Gasteiger partial charge in [-0.25, -0.2) is 0 Å². The summed E-state index contributed by atoms with van der Waals surface area (Å²) in [6.07, 6.45) is 5.47. The van der Waals surface area contributed by atoms with Crippen LogP contribution in [-0.2, 0) is 14.3 Å². The van der Waals surface area contributed by atoms with Crippen LogP contribution in [0, 0.1) is 0 Å². The van der Waals surface area contributed by atoms with Gasteiger partial charge in [-0.3, -0.25) is 4.79 Å². The Morgan fingerprint density at radius 3 is 2.33 bits per heavy atom. The van der Waals surface area contributed by atoms with Gasteiger partial charge in [-0.1, -0.05) is 6.92 Å². The lowest BCUT2D eigenvalue weighted by molar-refractivity contribution is -0.122. The fourth-order valence-corrected chi connectivity index (χ4v) is 1.77. The molecule has 0 aliphatic heterocycles. The van der Waals surface area contributed by atoms with Crippen molar-refractivity contribution in [3.8, 4) is 0 Å². The molecule has 0 aliphatic rings. The van der Waals surface area contributed by atoms with Gasteiger partial charge in [0, 0.05) is 24.9 Å². The fraction of sp³-hybridized carbons (Fsp3) is 0.923. The van der Waals surface area contributed by atoms with Crippen molar-refractivity contribution < 1.29 is 19.4 Å². The molecule has 1 atom stereocenters. The minimum Gasteiger partial charge on any atom is -0.389 e. The number of ether oxygens (including phenoxy) is 2. The second kappa shape index (κ2) is 13.3. The predicted molar refractivity (Wildman–Crippen MR) is 75.2 cm³/mol. The maximum Gasteiger partial charge on any atom is 0.158 e. The standard InChI is InChI=1S/C13H26O4S/c1-12(18-2)5-3-7-16-9-10-17-8-4-6-13(15)11-14/h12,14H,3-11H2,1-2H3. The molecule has 0 radical (unpaired) electrons. The van der Waals surface area contributed by atoms with E-state index in [1.807, 2.05) is 11.8 Å². The van der Waals surface area contributed by atoms with Gasteiger partial charge in [0.05, 0.1) is 13.2 Å². The Bertz CT molecular complexity index is 199. The van der Waals surface area contributed by atoms with Crippen molar-refractivity contribution in [2.75, 3.05) is 39.3 Å². The van der Waals surface area contributed by atoms with Gasteiger partial charge in [0.2, 0.25) is 0 Å². The number of aliphatic hydroxyl groups is 1. The van der Waals surface area contributed by atoms with Gasteiger partial charge in [-0.15, -0.1) is 0 Å². The van der Waals surface area contributed by atoms with Crippen LogP contribution in [0.3, 0.4) is 0 Å². The zero-order chi connectivity index (χ0) is 13.6. The van der Waals surface area contributed by atoms with Crippen LogP contribution in [0.15, 0.2) is 0 Å². The number of Topliss-reactive ketones (excluding diaryl/α,β-unsaturated/α-hetero) is 1. The van der Waals surface area contributed by atoms with E-state index in [-0.39, 0.29) is 12.4 Å². The van der Waals surface area contributed by atoms with Crippen LogP contribution < -0.4 is 0 Å². The molecule has 5 heteroatoms. The van der Waals surface area contributed by atoms with Crippen LogP contribution in [-0.4, -0.2) is 55.4 Å². The first kappa shape index (κ1) is 17.9. The molecule has 0 fully saturated rings. The van der Waals surface area contributed by atoms with Crippen molar-refractivity contribution >= 4 is 17.5 Å². The number of ketones is 1. The van der Waals surface area contributed by atoms with Crippen LogP contribution in [0.1, 0.15) is 32.6 Å². The molecule has 0 rings (SSSR count). The lowest BCUT2D eigenvalue weighted by Gasteiger charge is -2.08. The number of rotatable bonds is 13. The maximum atomic E-state index is 10.8. The van der Waals surface area contributed by atoms with E-state index in [4.69, 9.17) is 14.6 Å². The number of carbonyl (C=O) groups excluding carboxylic acids is 1. The predicted octanol–water partition coefficient (Wildman–Crippen LogP) is 1.89. The van der Waals surface area contributed by atoms with Gasteiger partial charge in [-0.2, -0.15) is 11.8 Å². The Kier molecular flexibility index (Phi) is 13.3. The number of hydrogen-bond donors (Lipinski definition) is 1. The quantitative estimate of drug-likeness (QED) is 0.521. The van der Waals surface area contributed by atoms with E-state index in [1.165, 1.54) is 6.42 Å². The van der Waals surface area contributed by atoms with Crippen LogP contribution in [0.2, 0.25) is 0 Å². The van der Waals surface area contributed by atoms with Crippen LogP contribution >= 0.6 is 11.8 Å². The van der Waals surface area contributed by atoms with Crippen LogP contribution in [0.4, 0.5) is 0 Å². The number of thioether (sulfide) groups is 1. The molecule has 0 aromatic heterocycles. The second-order valence-electron chi connectivity index (χ2n) is 4.21. The molecule has 0 saturated heterocycles. The van der Waals surface area contributed by atoms with E-state index < -0.39 is 0 Å². The molecule has 4 nitrogen and oxygen atoms in total. The van der Waals surface area contributed by atoms with E-state index in [9.17, 15) is 4.79 Å². The van der Waals surface area contributed by atoms with Crippen molar-refractivity contribution in [3.63, 3.8) is 0 Å². The van der Waals surface area contributed by atoms with Gasteiger partial charge in [0.25, 0.3) is 0 Å². The first-order chi connectivity index (χ1) is 8.70. The molecule has 0 spiro atoms. The third-order valence-electron chi connectivity index (χ3n) is 2.59. The second-order valence-corrected chi connectivity index (χ2v) is 5.49. The Morgan fingerprint density at radius 2 is 1.78 bits per heavy atom. The highest BCUT2D eigenvalue weighted by Crippen LogP contribution is 2.11. The molecule has 0 aromatic rings. The lowest BCUT2D eigenvalue weighted by atomic mass is 10.2. The van der Waals surface area contributed by atoms with Gasteiger partial charge >= 0.3 is 0 Å². The normalized spacial score (nSPS) is 12.6. The van der Waals surface area contributed by atoms with Gasteiger partial charge in [0.1, 0.15) is 6.61 Å². The zero-order valence-corrected chi connectivity index (χ0v) is 12.3. The Balaban J connectivity index is 3.05. The third kappa shape index (κ3) is 12.4. The molecule has 0 aromatic carbocycles. The Hall–Kier alpha value is -0.100. The van der Waals surface area contributed by atoms with E-state index >= 15 is 0 Å². The minimum absolute atomic E-state index is 0.127. The summed E-state index contributed by atoms with van der Waals surface area (Å²) in [5.41, 5.74) is 0. The summed E-state index contributed by atoms with van der Waals surface area (Å²) in [5, 5.41) is 9.21. The lowest BCUT2D eigenvalue weighted by Crippen LogP contribution is -2.09. The van der Waals surface area contributed by atoms with E-state index in [0.717, 1.165) is 13.0 Å². The molecule has 18 heavy (non-hydrogen) atoms. The first-order valence-corrected chi connectivity index (χ1v) is 7.80. The van der Waals surface area contributed by atoms with Crippen molar-refractivity contribution in [3.05, 3.63) is 0 Å². The molecule has 0 heterocycles. The number of carbonyl (C=O) groups is 1. The van der Waals surface area contributed by atoms with Crippen molar-refractivity contribution in [1.82, 2.24) is 0 Å². The van der Waals surface area contributed by atoms with E-state index in [2.05, 4.69) is 13.2 Å². The average molecular weight is 278 g/mol. The summed E-state index contributed by atoms with van der Waals surface area (Å²) >= 11 is 1.88. The minimum atomic E-state index is -0.364. The summed E-state index contributed by atoms with van der Waals surface area (Å²) in [6.45, 7) is 4.39. The molecule has 0 amide bonds. The molecular formula is C13H26O4S. The SMILES string of the molecule is CSC(C)CCCOCCOCCCC(=O)CO. The monoisotopic (exact) mass is 278 g/mol. The fourth-order valence-electron chi connectivity index (χ4n) is 1.36. The van der Waals surface area contributed by atoms with Gasteiger partial charge in [0.15, 0.2) is 5.78 Å². The Labute approximate surface area is 114 Å². The van der Waals surface area contributed by atoms with Gasteiger partial charge < -0.3 is 14.6 Å². The molecule has 108 valence electrons. The average Bonchev–Trinajstić information content (AvgIpc) is 2.40. The zero-order valence-electron chi connectivity index (χ0n) is 11.5. The summed E-state index contributed by atoms with van der Waals surface area (Å²) in [7, 11) is 0. The molecule has 1 N–H and O–H groups in total. The van der Waals surface area contributed by atoms with E-state index in [0.29, 0.717) is 37.9 Å². The summed E-state index contributed by atoms with van der Waals surface area (Å²) in [4.78, 5) is 10.8. The van der Waals surface area contributed by atoms with Crippen molar-refractivity contribution in [2.45, 2.75) is 37.9 Å². The smallest absolute Gasteiger partial charge is 0.158 e. The first-order valence-electron chi connectivity index (χ1n) is 6.51. The third-order valence-corrected chi connectivity index (χ3v) is 3.63. The molecular weight excluding hydrogens is 252 g/mol. The molecule has 0 saturated carbocycles. The topological polar surface area (TPSA) is 55.8 Å². The van der Waals surface area contributed by atoms with Crippen LogP contribution in [0.5, 0.6) is 0 Å². The maximum absolute atomic E-state index is 10.8. The molecule has 0 aliphatic carbocycles. The van der Waals surface area contributed by atoms with Crippen molar-refractivity contribution in [1.29, 1.82) is 0 Å².